The Balaban J connectivity index is 1.65. The molecule has 0 bridgehead atoms. The first-order chi connectivity index (χ1) is 11.1. The summed E-state index contributed by atoms with van der Waals surface area (Å²) in [7, 11) is 0. The van der Waals surface area contributed by atoms with E-state index >= 15 is 0 Å². The predicted molar refractivity (Wildman–Crippen MR) is 91.6 cm³/mol. The van der Waals surface area contributed by atoms with Gasteiger partial charge in [-0.15, -0.1) is 0 Å². The van der Waals surface area contributed by atoms with E-state index in [9.17, 15) is 4.79 Å². The zero-order valence-corrected chi connectivity index (χ0v) is 13.8. The lowest BCUT2D eigenvalue weighted by molar-refractivity contribution is 0.0952. The number of nitrogens with zero attached hydrogens (tertiary/aromatic N) is 3. The lowest BCUT2D eigenvalue weighted by Crippen LogP contribution is -2.27. The van der Waals surface area contributed by atoms with Crippen molar-refractivity contribution in [1.29, 1.82) is 0 Å². The van der Waals surface area contributed by atoms with Crippen LogP contribution in [-0.2, 0) is 13.1 Å². The van der Waals surface area contributed by atoms with E-state index in [4.69, 9.17) is 0 Å². The number of nitrogens with one attached hydrogen (secondary N) is 1. The van der Waals surface area contributed by atoms with Gasteiger partial charge in [-0.25, -0.2) is 0 Å². The van der Waals surface area contributed by atoms with Crippen LogP contribution in [0.15, 0.2) is 36.5 Å². The molecular formula is C18H22N4O. The fraction of sp³-hybridized carbons (Fsp3) is 0.333. The van der Waals surface area contributed by atoms with Crippen LogP contribution in [0.1, 0.15) is 28.7 Å². The summed E-state index contributed by atoms with van der Waals surface area (Å²) in [5, 5.41) is 8.45. The standard InChI is InChI=1S/C18H22N4O/c1-4-21-9-7-15-12-16(5-6-17(15)21)18(23)19-8-10-22-14(3)11-13(2)20-22/h5-7,9,11-12H,4,8,10H2,1-3H3,(H,19,23). The average Bonchev–Trinajstić information content (AvgIpc) is 3.09. The van der Waals surface area contributed by atoms with Gasteiger partial charge in [0.1, 0.15) is 0 Å². The second-order valence-corrected chi connectivity index (χ2v) is 5.78. The summed E-state index contributed by atoms with van der Waals surface area (Å²) >= 11 is 0. The molecule has 0 aliphatic rings. The van der Waals surface area contributed by atoms with Gasteiger partial charge in [0.25, 0.3) is 5.91 Å². The number of benzene rings is 1. The number of aryl methyl sites for hydroxylation is 3. The van der Waals surface area contributed by atoms with Gasteiger partial charge in [-0.2, -0.15) is 5.10 Å². The van der Waals surface area contributed by atoms with Gasteiger partial charge >= 0.3 is 0 Å². The van der Waals surface area contributed by atoms with Crippen molar-refractivity contribution in [3.8, 4) is 0 Å². The van der Waals surface area contributed by atoms with Crippen molar-refractivity contribution in [2.45, 2.75) is 33.9 Å². The molecule has 2 aromatic heterocycles. The highest BCUT2D eigenvalue weighted by atomic mass is 16.1. The molecule has 5 nitrogen and oxygen atoms in total. The summed E-state index contributed by atoms with van der Waals surface area (Å²) in [5.41, 5.74) is 3.96. The normalized spacial score (nSPS) is 11.1. The Morgan fingerprint density at radius 2 is 2.04 bits per heavy atom. The van der Waals surface area contributed by atoms with E-state index in [-0.39, 0.29) is 5.91 Å². The van der Waals surface area contributed by atoms with E-state index in [1.165, 1.54) is 0 Å². The van der Waals surface area contributed by atoms with E-state index in [1.807, 2.05) is 48.9 Å². The van der Waals surface area contributed by atoms with Gasteiger partial charge in [0.2, 0.25) is 0 Å². The number of carbonyl (C=O) groups excluding carboxylic acids is 1. The minimum absolute atomic E-state index is 0.0438. The Kier molecular flexibility index (Phi) is 4.19. The van der Waals surface area contributed by atoms with Crippen molar-refractivity contribution in [1.82, 2.24) is 19.7 Å². The Bertz CT molecular complexity index is 844. The minimum Gasteiger partial charge on any atom is -0.350 e. The van der Waals surface area contributed by atoms with Crippen LogP contribution >= 0.6 is 0 Å². The number of aromatic nitrogens is 3. The van der Waals surface area contributed by atoms with Crippen LogP contribution in [0.2, 0.25) is 0 Å². The minimum atomic E-state index is -0.0438. The quantitative estimate of drug-likeness (QED) is 0.788. The van der Waals surface area contributed by atoms with Crippen LogP contribution in [0.4, 0.5) is 0 Å². The van der Waals surface area contributed by atoms with Crippen LogP contribution < -0.4 is 5.32 Å². The van der Waals surface area contributed by atoms with Crippen molar-refractivity contribution in [2.75, 3.05) is 6.54 Å². The Morgan fingerprint density at radius 1 is 1.22 bits per heavy atom. The molecule has 2 heterocycles. The highest BCUT2D eigenvalue weighted by molar-refractivity contribution is 5.98. The summed E-state index contributed by atoms with van der Waals surface area (Å²) in [4.78, 5) is 12.3. The zero-order valence-electron chi connectivity index (χ0n) is 13.8. The first-order valence-corrected chi connectivity index (χ1v) is 7.96. The Labute approximate surface area is 135 Å². The molecule has 1 N–H and O–H groups in total. The van der Waals surface area contributed by atoms with E-state index in [0.717, 1.165) is 28.8 Å². The molecule has 3 aromatic rings. The molecule has 1 aromatic carbocycles. The molecule has 3 rings (SSSR count). The van der Waals surface area contributed by atoms with Crippen LogP contribution in [0.3, 0.4) is 0 Å². The first kappa shape index (κ1) is 15.3. The number of carbonyl (C=O) groups is 1. The second kappa shape index (κ2) is 6.28. The molecule has 0 aliphatic heterocycles. The fourth-order valence-electron chi connectivity index (χ4n) is 2.90. The second-order valence-electron chi connectivity index (χ2n) is 5.78. The topological polar surface area (TPSA) is 51.9 Å². The van der Waals surface area contributed by atoms with Crippen molar-refractivity contribution >= 4 is 16.8 Å². The van der Waals surface area contributed by atoms with Crippen molar-refractivity contribution in [3.63, 3.8) is 0 Å². The van der Waals surface area contributed by atoms with Crippen molar-refractivity contribution in [3.05, 3.63) is 53.5 Å². The van der Waals surface area contributed by atoms with E-state index in [1.54, 1.807) is 0 Å². The molecule has 0 fully saturated rings. The number of hydrogen-bond acceptors (Lipinski definition) is 2. The highest BCUT2D eigenvalue weighted by Gasteiger charge is 2.08. The molecule has 0 saturated carbocycles. The smallest absolute Gasteiger partial charge is 0.251 e. The monoisotopic (exact) mass is 310 g/mol. The van der Waals surface area contributed by atoms with Gasteiger partial charge in [-0.1, -0.05) is 0 Å². The molecule has 0 aliphatic carbocycles. The SMILES string of the molecule is CCn1ccc2cc(C(=O)NCCn3nc(C)cc3C)ccc21. The summed E-state index contributed by atoms with van der Waals surface area (Å²) in [6.45, 7) is 8.28. The fourth-order valence-corrected chi connectivity index (χ4v) is 2.90. The Morgan fingerprint density at radius 3 is 2.74 bits per heavy atom. The molecule has 0 spiro atoms. The van der Waals surface area contributed by atoms with Crippen molar-refractivity contribution < 1.29 is 4.79 Å². The molecule has 0 saturated heterocycles. The van der Waals surface area contributed by atoms with Gasteiger partial charge in [-0.3, -0.25) is 9.48 Å². The zero-order chi connectivity index (χ0) is 16.4. The summed E-state index contributed by atoms with van der Waals surface area (Å²) in [6.07, 6.45) is 2.05. The van der Waals surface area contributed by atoms with Gasteiger partial charge in [0, 0.05) is 41.4 Å². The number of rotatable bonds is 5. The Hall–Kier alpha value is -2.56. The summed E-state index contributed by atoms with van der Waals surface area (Å²) in [6, 6.07) is 9.92. The molecular weight excluding hydrogens is 288 g/mol. The van der Waals surface area contributed by atoms with Gasteiger partial charge in [0.05, 0.1) is 12.2 Å². The molecule has 1 amide bonds. The number of fused-ring (bicyclic) bond motifs is 1. The maximum absolute atomic E-state index is 12.3. The largest absolute Gasteiger partial charge is 0.350 e. The van der Waals surface area contributed by atoms with Gasteiger partial charge in [-0.05, 0) is 51.1 Å². The molecule has 120 valence electrons. The third kappa shape index (κ3) is 3.13. The average molecular weight is 310 g/mol. The predicted octanol–water partition coefficient (Wildman–Crippen LogP) is 2.90. The summed E-state index contributed by atoms with van der Waals surface area (Å²) in [5.74, 6) is -0.0438. The molecule has 0 radical (unpaired) electrons. The number of amides is 1. The lowest BCUT2D eigenvalue weighted by Gasteiger charge is -2.08. The van der Waals surface area contributed by atoms with Crippen molar-refractivity contribution in [2.24, 2.45) is 0 Å². The van der Waals surface area contributed by atoms with E-state index in [0.29, 0.717) is 18.7 Å². The third-order valence-corrected chi connectivity index (χ3v) is 4.09. The number of hydrogen-bond donors (Lipinski definition) is 1. The molecule has 5 heteroatoms. The maximum Gasteiger partial charge on any atom is 0.251 e. The van der Waals surface area contributed by atoms with Crippen LogP contribution in [-0.4, -0.2) is 26.8 Å². The maximum atomic E-state index is 12.3. The van der Waals surface area contributed by atoms with Gasteiger partial charge in [0.15, 0.2) is 0 Å². The van der Waals surface area contributed by atoms with Crippen LogP contribution in [0.25, 0.3) is 10.9 Å². The van der Waals surface area contributed by atoms with Crippen LogP contribution in [0, 0.1) is 13.8 Å². The molecule has 0 atom stereocenters. The van der Waals surface area contributed by atoms with Gasteiger partial charge < -0.3 is 9.88 Å². The van der Waals surface area contributed by atoms with Crippen LogP contribution in [0.5, 0.6) is 0 Å². The third-order valence-electron chi connectivity index (χ3n) is 4.09. The highest BCUT2D eigenvalue weighted by Crippen LogP contribution is 2.17. The lowest BCUT2D eigenvalue weighted by atomic mass is 10.1. The molecule has 0 unspecified atom stereocenters. The first-order valence-electron chi connectivity index (χ1n) is 7.96. The van der Waals surface area contributed by atoms with E-state index < -0.39 is 0 Å². The summed E-state index contributed by atoms with van der Waals surface area (Å²) < 4.78 is 4.08. The molecule has 23 heavy (non-hydrogen) atoms. The van der Waals surface area contributed by atoms with E-state index in [2.05, 4.69) is 28.1 Å².